The summed E-state index contributed by atoms with van der Waals surface area (Å²) >= 11 is 0. The van der Waals surface area contributed by atoms with Crippen LogP contribution in [0.4, 0.5) is 0 Å². The zero-order chi connectivity index (χ0) is 15.1. The van der Waals surface area contributed by atoms with E-state index in [0.29, 0.717) is 12.1 Å². The molecule has 3 heteroatoms. The lowest BCUT2D eigenvalue weighted by Gasteiger charge is -2.36. The first kappa shape index (κ1) is 14.1. The van der Waals surface area contributed by atoms with Gasteiger partial charge in [-0.1, -0.05) is 25.1 Å². The number of hydrogen-bond acceptors (Lipinski definition) is 3. The Kier molecular flexibility index (Phi) is 3.59. The second kappa shape index (κ2) is 5.60. The molecule has 1 saturated heterocycles. The molecule has 1 aliphatic carbocycles. The van der Waals surface area contributed by atoms with E-state index in [-0.39, 0.29) is 0 Å². The van der Waals surface area contributed by atoms with Crippen molar-refractivity contribution in [1.29, 1.82) is 0 Å². The van der Waals surface area contributed by atoms with Gasteiger partial charge >= 0.3 is 0 Å². The second-order valence-electron chi connectivity index (χ2n) is 7.40. The molecule has 0 amide bonds. The summed E-state index contributed by atoms with van der Waals surface area (Å²) in [5, 5.41) is 3.68. The topological polar surface area (TPSA) is 27.6 Å². The van der Waals surface area contributed by atoms with E-state index in [9.17, 15) is 0 Å². The summed E-state index contributed by atoms with van der Waals surface area (Å²) in [6.07, 6.45) is 6.48. The summed E-state index contributed by atoms with van der Waals surface area (Å²) in [5.41, 5.74) is 4.51. The Balaban J connectivity index is 1.46. The van der Waals surface area contributed by atoms with Gasteiger partial charge in [-0.05, 0) is 61.6 Å². The highest BCUT2D eigenvalue weighted by molar-refractivity contribution is 5.82. The zero-order valence-electron chi connectivity index (χ0n) is 13.8. The molecule has 0 saturated carbocycles. The van der Waals surface area contributed by atoms with E-state index in [2.05, 4.69) is 42.3 Å². The van der Waals surface area contributed by atoms with E-state index in [1.165, 1.54) is 37.7 Å². The zero-order valence-corrected chi connectivity index (χ0v) is 13.8. The average molecular weight is 297 g/mol. The van der Waals surface area contributed by atoms with Crippen molar-refractivity contribution in [3.05, 3.63) is 34.9 Å². The monoisotopic (exact) mass is 297 g/mol. The molecule has 0 bridgehead atoms. The molecule has 1 aromatic carbocycles. The fraction of sp³-hybridized carbons (Fsp3) is 0.632. The van der Waals surface area contributed by atoms with Crippen molar-refractivity contribution in [3.63, 3.8) is 0 Å². The molecule has 4 rings (SSSR count). The SMILES string of the molecule is CC1CCC2CN=C(N[C@H](C)c3ccc4c(c3)CCC4)N2C1. The van der Waals surface area contributed by atoms with Crippen molar-refractivity contribution in [2.75, 3.05) is 13.1 Å². The van der Waals surface area contributed by atoms with E-state index >= 15 is 0 Å². The van der Waals surface area contributed by atoms with Crippen molar-refractivity contribution in [1.82, 2.24) is 10.2 Å². The molecular formula is C19H27N3. The molecule has 1 fully saturated rings. The molecule has 3 nitrogen and oxygen atoms in total. The van der Waals surface area contributed by atoms with Gasteiger partial charge in [-0.25, -0.2) is 0 Å². The number of rotatable bonds is 2. The molecule has 3 atom stereocenters. The highest BCUT2D eigenvalue weighted by Gasteiger charge is 2.33. The number of guanidine groups is 1. The van der Waals surface area contributed by atoms with Crippen LogP contribution in [0, 0.1) is 5.92 Å². The molecule has 118 valence electrons. The Morgan fingerprint density at radius 2 is 2.09 bits per heavy atom. The fourth-order valence-electron chi connectivity index (χ4n) is 4.21. The maximum Gasteiger partial charge on any atom is 0.194 e. The lowest BCUT2D eigenvalue weighted by Crippen LogP contribution is -2.48. The summed E-state index contributed by atoms with van der Waals surface area (Å²) in [6, 6.07) is 8.02. The molecule has 2 unspecified atom stereocenters. The third-order valence-corrected chi connectivity index (χ3v) is 5.63. The summed E-state index contributed by atoms with van der Waals surface area (Å²) < 4.78 is 0. The predicted molar refractivity (Wildman–Crippen MR) is 91.2 cm³/mol. The minimum atomic E-state index is 0.334. The van der Waals surface area contributed by atoms with Crippen LogP contribution in [0.25, 0.3) is 0 Å². The molecule has 1 N–H and O–H groups in total. The van der Waals surface area contributed by atoms with Gasteiger partial charge in [0.25, 0.3) is 0 Å². The van der Waals surface area contributed by atoms with Crippen molar-refractivity contribution >= 4 is 5.96 Å². The van der Waals surface area contributed by atoms with E-state index in [4.69, 9.17) is 4.99 Å². The van der Waals surface area contributed by atoms with Gasteiger partial charge in [0.2, 0.25) is 0 Å². The number of piperidine rings is 1. The molecule has 1 aromatic rings. The average Bonchev–Trinajstić information content (AvgIpc) is 3.13. The summed E-state index contributed by atoms with van der Waals surface area (Å²) in [7, 11) is 0. The molecule has 3 aliphatic rings. The molecule has 0 spiro atoms. The van der Waals surface area contributed by atoms with Gasteiger partial charge in [0.05, 0.1) is 18.6 Å². The Labute approximate surface area is 133 Å². The van der Waals surface area contributed by atoms with Gasteiger partial charge in [-0.3, -0.25) is 4.99 Å². The maximum atomic E-state index is 4.78. The third-order valence-electron chi connectivity index (χ3n) is 5.63. The van der Waals surface area contributed by atoms with Crippen LogP contribution in [-0.4, -0.2) is 30.0 Å². The standard InChI is InChI=1S/C19H27N3/c1-13-6-9-18-11-20-19(22(18)12-13)21-14(2)16-8-7-15-4-3-5-17(15)10-16/h7-8,10,13-14,18H,3-6,9,11-12H2,1-2H3,(H,20,21)/t13?,14-,18?/m1/s1. The first-order valence-electron chi connectivity index (χ1n) is 8.90. The highest BCUT2D eigenvalue weighted by atomic mass is 15.4. The highest BCUT2D eigenvalue weighted by Crippen LogP contribution is 2.28. The number of nitrogens with one attached hydrogen (secondary N) is 1. The predicted octanol–water partition coefficient (Wildman–Crippen LogP) is 3.30. The van der Waals surface area contributed by atoms with Crippen LogP contribution in [0.1, 0.15) is 55.8 Å². The summed E-state index contributed by atoms with van der Waals surface area (Å²) in [5.74, 6) is 1.92. The normalized spacial score (nSPS) is 28.1. The van der Waals surface area contributed by atoms with Crippen LogP contribution < -0.4 is 5.32 Å². The van der Waals surface area contributed by atoms with Crippen LogP contribution in [0.3, 0.4) is 0 Å². The number of aliphatic imine (C=N–C) groups is 1. The Hall–Kier alpha value is -1.51. The molecule has 0 aromatic heterocycles. The number of aryl methyl sites for hydroxylation is 2. The summed E-state index contributed by atoms with van der Waals surface area (Å²) in [4.78, 5) is 7.30. The second-order valence-corrected chi connectivity index (χ2v) is 7.40. The van der Waals surface area contributed by atoms with Crippen molar-refractivity contribution in [3.8, 4) is 0 Å². The number of fused-ring (bicyclic) bond motifs is 2. The van der Waals surface area contributed by atoms with Gasteiger partial charge in [-0.2, -0.15) is 0 Å². The molecular weight excluding hydrogens is 270 g/mol. The van der Waals surface area contributed by atoms with Gasteiger partial charge in [0, 0.05) is 6.54 Å². The molecule has 2 heterocycles. The Bertz CT molecular complexity index is 592. The summed E-state index contributed by atoms with van der Waals surface area (Å²) in [6.45, 7) is 6.76. The Morgan fingerprint density at radius 1 is 1.23 bits per heavy atom. The number of benzene rings is 1. The minimum Gasteiger partial charge on any atom is -0.350 e. The van der Waals surface area contributed by atoms with Crippen molar-refractivity contribution < 1.29 is 0 Å². The van der Waals surface area contributed by atoms with Crippen LogP contribution in [0.2, 0.25) is 0 Å². The van der Waals surface area contributed by atoms with E-state index in [0.717, 1.165) is 25.0 Å². The lowest BCUT2D eigenvalue weighted by molar-refractivity contribution is 0.210. The van der Waals surface area contributed by atoms with Crippen molar-refractivity contribution in [2.24, 2.45) is 10.9 Å². The smallest absolute Gasteiger partial charge is 0.194 e. The molecule has 0 radical (unpaired) electrons. The van der Waals surface area contributed by atoms with Gasteiger partial charge < -0.3 is 10.2 Å². The molecule has 22 heavy (non-hydrogen) atoms. The minimum absolute atomic E-state index is 0.334. The van der Waals surface area contributed by atoms with E-state index in [1.54, 1.807) is 11.1 Å². The number of nitrogens with zero attached hydrogens (tertiary/aromatic N) is 2. The van der Waals surface area contributed by atoms with Crippen LogP contribution in [-0.2, 0) is 12.8 Å². The van der Waals surface area contributed by atoms with Crippen LogP contribution in [0.15, 0.2) is 23.2 Å². The molecule has 2 aliphatic heterocycles. The quantitative estimate of drug-likeness (QED) is 0.907. The fourth-order valence-corrected chi connectivity index (χ4v) is 4.21. The maximum absolute atomic E-state index is 4.78. The van der Waals surface area contributed by atoms with Gasteiger partial charge in [0.1, 0.15) is 0 Å². The first-order chi connectivity index (χ1) is 10.7. The van der Waals surface area contributed by atoms with Crippen molar-refractivity contribution in [2.45, 2.75) is 58.0 Å². The largest absolute Gasteiger partial charge is 0.350 e. The van der Waals surface area contributed by atoms with Gasteiger partial charge in [-0.15, -0.1) is 0 Å². The van der Waals surface area contributed by atoms with Crippen LogP contribution in [0.5, 0.6) is 0 Å². The third kappa shape index (κ3) is 2.51. The first-order valence-corrected chi connectivity index (χ1v) is 8.90. The Morgan fingerprint density at radius 3 is 3.00 bits per heavy atom. The van der Waals surface area contributed by atoms with Crippen LogP contribution >= 0.6 is 0 Å². The van der Waals surface area contributed by atoms with E-state index < -0.39 is 0 Å². The van der Waals surface area contributed by atoms with E-state index in [1.807, 2.05) is 0 Å². The number of hydrogen-bond donors (Lipinski definition) is 1. The van der Waals surface area contributed by atoms with Gasteiger partial charge in [0.15, 0.2) is 5.96 Å². The lowest BCUT2D eigenvalue weighted by atomic mass is 9.95.